The minimum absolute atomic E-state index is 0.0509. The first-order chi connectivity index (χ1) is 16.1. The van der Waals surface area contributed by atoms with E-state index in [0.29, 0.717) is 38.5 Å². The van der Waals surface area contributed by atoms with Gasteiger partial charge < -0.3 is 19.7 Å². The Kier molecular flexibility index (Phi) is 8.10. The van der Waals surface area contributed by atoms with Gasteiger partial charge in [-0.25, -0.2) is 0 Å². The fraction of sp³-hybridized carbons (Fsp3) is 0.462. The van der Waals surface area contributed by atoms with E-state index in [1.165, 1.54) is 5.56 Å². The Balaban J connectivity index is 1.27. The first-order valence-electron chi connectivity index (χ1n) is 11.8. The van der Waals surface area contributed by atoms with Gasteiger partial charge in [-0.15, -0.1) is 11.6 Å². The van der Waals surface area contributed by atoms with Crippen LogP contribution in [0.2, 0.25) is 0 Å². The molecule has 0 atom stereocenters. The van der Waals surface area contributed by atoms with Crippen molar-refractivity contribution in [3.8, 4) is 11.5 Å². The minimum Gasteiger partial charge on any atom is -0.494 e. The summed E-state index contributed by atoms with van der Waals surface area (Å²) < 4.78 is 11.7. The summed E-state index contributed by atoms with van der Waals surface area (Å²) in [5.41, 5.74) is 4.15. The maximum atomic E-state index is 12.6. The highest BCUT2D eigenvalue weighted by Crippen LogP contribution is 2.32. The Morgan fingerprint density at radius 1 is 0.818 bits per heavy atom. The van der Waals surface area contributed by atoms with Crippen LogP contribution in [-0.2, 0) is 22.4 Å². The number of nitrogens with one attached hydrogen (secondary N) is 1. The molecule has 0 saturated heterocycles. The third-order valence-corrected chi connectivity index (χ3v) is 6.34. The number of aryl methyl sites for hydroxylation is 2. The number of fused-ring (bicyclic) bond motifs is 2. The van der Waals surface area contributed by atoms with Crippen LogP contribution in [0.5, 0.6) is 11.5 Å². The maximum Gasteiger partial charge on any atom is 0.227 e. The average molecular weight is 471 g/mol. The fourth-order valence-corrected chi connectivity index (χ4v) is 4.43. The molecule has 2 aliphatic heterocycles. The third-order valence-electron chi connectivity index (χ3n) is 6.08. The van der Waals surface area contributed by atoms with Gasteiger partial charge in [0.05, 0.1) is 18.9 Å². The maximum absolute atomic E-state index is 12.6. The number of carbonyl (C=O) groups excluding carboxylic acids is 2. The molecule has 7 heteroatoms. The van der Waals surface area contributed by atoms with Crippen molar-refractivity contribution in [2.24, 2.45) is 0 Å². The molecule has 6 nitrogen and oxygen atoms in total. The number of alkyl halides is 1. The number of anilines is 2. The van der Waals surface area contributed by atoms with Crippen LogP contribution in [-0.4, -0.2) is 37.5 Å². The van der Waals surface area contributed by atoms with Gasteiger partial charge in [-0.1, -0.05) is 12.1 Å². The summed E-state index contributed by atoms with van der Waals surface area (Å²) in [6, 6.07) is 11.9. The van der Waals surface area contributed by atoms with E-state index in [1.54, 1.807) is 0 Å². The van der Waals surface area contributed by atoms with E-state index in [2.05, 4.69) is 11.4 Å². The Labute approximate surface area is 200 Å². The van der Waals surface area contributed by atoms with Gasteiger partial charge in [-0.2, -0.15) is 0 Å². The van der Waals surface area contributed by atoms with Crippen molar-refractivity contribution >= 4 is 34.8 Å². The molecule has 2 heterocycles. The summed E-state index contributed by atoms with van der Waals surface area (Å²) in [6.07, 6.45) is 6.14. The summed E-state index contributed by atoms with van der Waals surface area (Å²) in [7, 11) is 0. The van der Waals surface area contributed by atoms with E-state index in [0.717, 1.165) is 67.0 Å². The Bertz CT molecular complexity index is 994. The molecule has 33 heavy (non-hydrogen) atoms. The number of benzene rings is 2. The Morgan fingerprint density at radius 3 is 2.30 bits per heavy atom. The highest BCUT2D eigenvalue weighted by Gasteiger charge is 2.24. The molecule has 0 aliphatic carbocycles. The van der Waals surface area contributed by atoms with E-state index >= 15 is 0 Å². The topological polar surface area (TPSA) is 67.9 Å². The molecule has 0 bridgehead atoms. The predicted octanol–water partition coefficient (Wildman–Crippen LogP) is 5.11. The van der Waals surface area contributed by atoms with Gasteiger partial charge in [-0.05, 0) is 61.8 Å². The van der Waals surface area contributed by atoms with Crippen LogP contribution in [0, 0.1) is 0 Å². The van der Waals surface area contributed by atoms with E-state index in [9.17, 15) is 9.59 Å². The number of hydrogen-bond acceptors (Lipinski definition) is 4. The number of ether oxygens (including phenoxy) is 2. The molecule has 0 aromatic heterocycles. The molecule has 0 fully saturated rings. The quantitative estimate of drug-likeness (QED) is 0.366. The van der Waals surface area contributed by atoms with Gasteiger partial charge in [0.15, 0.2) is 0 Å². The van der Waals surface area contributed by atoms with Gasteiger partial charge in [0.25, 0.3) is 0 Å². The van der Waals surface area contributed by atoms with Crippen molar-refractivity contribution in [3.05, 3.63) is 47.5 Å². The van der Waals surface area contributed by atoms with Crippen LogP contribution in [0.25, 0.3) is 0 Å². The molecule has 2 aromatic carbocycles. The van der Waals surface area contributed by atoms with Crippen LogP contribution < -0.4 is 19.7 Å². The van der Waals surface area contributed by atoms with Crippen LogP contribution >= 0.6 is 11.6 Å². The minimum atomic E-state index is 0.0509. The summed E-state index contributed by atoms with van der Waals surface area (Å²) in [6.45, 7) is 1.85. The molecule has 1 N–H and O–H groups in total. The van der Waals surface area contributed by atoms with Crippen molar-refractivity contribution < 1.29 is 19.1 Å². The standard InChI is InChI=1S/C26H31ClN2O4/c27-13-1-3-15-33-22-10-6-20-8-12-26(31)29(24(20)18-22)14-2-4-16-32-21-9-5-19-7-11-25(30)28-23(19)17-21/h5-6,9-10,17-18H,1-4,7-8,11-16H2,(H,28,30). The predicted molar refractivity (Wildman–Crippen MR) is 131 cm³/mol. The lowest BCUT2D eigenvalue weighted by Crippen LogP contribution is -2.36. The van der Waals surface area contributed by atoms with Crippen LogP contribution in [0.3, 0.4) is 0 Å². The lowest BCUT2D eigenvalue weighted by atomic mass is 10.0. The third kappa shape index (κ3) is 6.20. The fourth-order valence-electron chi connectivity index (χ4n) is 4.24. The van der Waals surface area contributed by atoms with Crippen molar-refractivity contribution in [2.75, 3.05) is 35.9 Å². The molecule has 176 valence electrons. The first kappa shape index (κ1) is 23.4. The number of nitrogens with zero attached hydrogens (tertiary/aromatic N) is 1. The molecule has 2 amide bonds. The largest absolute Gasteiger partial charge is 0.494 e. The SMILES string of the molecule is O=C1CCc2ccc(OCCCCN3C(=O)CCc4ccc(OCCCCCl)cc43)cc2N1. The van der Waals surface area contributed by atoms with Crippen LogP contribution in [0.1, 0.15) is 49.7 Å². The number of rotatable bonds is 11. The first-order valence-corrected chi connectivity index (χ1v) is 12.3. The van der Waals surface area contributed by atoms with Gasteiger partial charge >= 0.3 is 0 Å². The highest BCUT2D eigenvalue weighted by molar-refractivity contribution is 6.17. The zero-order valence-corrected chi connectivity index (χ0v) is 19.7. The molecular formula is C26H31ClN2O4. The van der Waals surface area contributed by atoms with Crippen molar-refractivity contribution in [2.45, 2.75) is 51.4 Å². The van der Waals surface area contributed by atoms with E-state index in [4.69, 9.17) is 21.1 Å². The molecule has 0 saturated carbocycles. The molecule has 0 spiro atoms. The molecular weight excluding hydrogens is 440 g/mol. The monoisotopic (exact) mass is 470 g/mol. The average Bonchev–Trinajstić information content (AvgIpc) is 2.82. The number of halogens is 1. The Morgan fingerprint density at radius 2 is 1.52 bits per heavy atom. The second kappa shape index (κ2) is 11.4. The Hall–Kier alpha value is -2.73. The summed E-state index contributed by atoms with van der Waals surface area (Å²) in [5.74, 6) is 2.41. The van der Waals surface area contributed by atoms with E-state index in [1.807, 2.05) is 35.2 Å². The molecule has 4 rings (SSSR count). The molecule has 0 radical (unpaired) electrons. The van der Waals surface area contributed by atoms with E-state index in [-0.39, 0.29) is 11.8 Å². The van der Waals surface area contributed by atoms with Crippen LogP contribution in [0.15, 0.2) is 36.4 Å². The second-order valence-electron chi connectivity index (χ2n) is 8.50. The summed E-state index contributed by atoms with van der Waals surface area (Å²) in [5, 5.41) is 2.90. The number of unbranched alkanes of at least 4 members (excludes halogenated alkanes) is 2. The molecule has 0 unspecified atom stereocenters. The van der Waals surface area contributed by atoms with Gasteiger partial charge in [0.1, 0.15) is 11.5 Å². The number of hydrogen-bond donors (Lipinski definition) is 1. The summed E-state index contributed by atoms with van der Waals surface area (Å²) in [4.78, 5) is 26.1. The summed E-state index contributed by atoms with van der Waals surface area (Å²) >= 11 is 5.73. The second-order valence-corrected chi connectivity index (χ2v) is 8.88. The van der Waals surface area contributed by atoms with Gasteiger partial charge in [-0.3, -0.25) is 9.59 Å². The normalized spacial score (nSPS) is 15.0. The number of amides is 2. The van der Waals surface area contributed by atoms with Crippen molar-refractivity contribution in [1.82, 2.24) is 0 Å². The lowest BCUT2D eigenvalue weighted by molar-refractivity contribution is -0.119. The van der Waals surface area contributed by atoms with Crippen molar-refractivity contribution in [3.63, 3.8) is 0 Å². The van der Waals surface area contributed by atoms with Gasteiger partial charge in [0, 0.05) is 43.1 Å². The smallest absolute Gasteiger partial charge is 0.227 e. The van der Waals surface area contributed by atoms with Crippen molar-refractivity contribution in [1.29, 1.82) is 0 Å². The number of carbonyl (C=O) groups is 2. The zero-order valence-electron chi connectivity index (χ0n) is 18.9. The van der Waals surface area contributed by atoms with Gasteiger partial charge in [0.2, 0.25) is 11.8 Å². The van der Waals surface area contributed by atoms with Crippen LogP contribution in [0.4, 0.5) is 11.4 Å². The lowest BCUT2D eigenvalue weighted by Gasteiger charge is -2.30. The highest BCUT2D eigenvalue weighted by atomic mass is 35.5. The molecule has 2 aromatic rings. The zero-order chi connectivity index (χ0) is 23.0. The molecule has 2 aliphatic rings. The van der Waals surface area contributed by atoms with E-state index < -0.39 is 0 Å².